The van der Waals surface area contributed by atoms with Crippen LogP contribution in [0.15, 0.2) is 99.0 Å². The van der Waals surface area contributed by atoms with Gasteiger partial charge in [-0.25, -0.2) is 0 Å². The summed E-state index contributed by atoms with van der Waals surface area (Å²) in [5.74, 6) is -0.676. The molecule has 2 amide bonds. The number of rotatable bonds is 4. The standard InChI is InChI=1S/C24H15N3O3S2/c28-22-18(23(29)27(24(31)26-22)16-8-2-1-3-9-16)14-17-11-12-20(30-17)32-19-10-4-6-15-7-5-13-25-21(15)19/h1-14H,(H,26,28,31)/b18-14+. The SMILES string of the molecule is O=C1NC(=S)N(c2ccccc2)C(=O)/C1=C/c1ccc(Sc2cccc3cccnc23)o1. The third kappa shape index (κ3) is 3.81. The summed E-state index contributed by atoms with van der Waals surface area (Å²) in [7, 11) is 0. The summed E-state index contributed by atoms with van der Waals surface area (Å²) in [6, 6.07) is 22.3. The van der Waals surface area contributed by atoms with Crippen LogP contribution >= 0.6 is 24.0 Å². The highest BCUT2D eigenvalue weighted by atomic mass is 32.2. The van der Waals surface area contributed by atoms with E-state index < -0.39 is 11.8 Å². The number of pyridine rings is 1. The molecule has 1 N–H and O–H groups in total. The highest BCUT2D eigenvalue weighted by Gasteiger charge is 2.34. The van der Waals surface area contributed by atoms with Crippen molar-refractivity contribution in [2.45, 2.75) is 9.99 Å². The molecule has 6 nitrogen and oxygen atoms in total. The normalized spacial score (nSPS) is 15.4. The molecule has 1 fully saturated rings. The molecule has 2 aromatic carbocycles. The van der Waals surface area contributed by atoms with E-state index in [1.54, 1.807) is 42.6 Å². The van der Waals surface area contributed by atoms with Gasteiger partial charge in [0.1, 0.15) is 11.3 Å². The number of thiocarbonyl (C=S) groups is 1. The number of benzene rings is 2. The highest BCUT2D eigenvalue weighted by molar-refractivity contribution is 7.99. The zero-order valence-corrected chi connectivity index (χ0v) is 18.2. The van der Waals surface area contributed by atoms with Crippen molar-refractivity contribution in [2.75, 3.05) is 4.90 Å². The average molecular weight is 458 g/mol. The van der Waals surface area contributed by atoms with E-state index in [-0.39, 0.29) is 10.7 Å². The second-order valence-electron chi connectivity index (χ2n) is 6.88. The number of furan rings is 1. The van der Waals surface area contributed by atoms with Gasteiger partial charge in [-0.15, -0.1) is 0 Å². The maximum absolute atomic E-state index is 13.0. The maximum Gasteiger partial charge on any atom is 0.270 e. The van der Waals surface area contributed by atoms with E-state index >= 15 is 0 Å². The Labute approximate surface area is 192 Å². The van der Waals surface area contributed by atoms with Crippen LogP contribution in [0.2, 0.25) is 0 Å². The van der Waals surface area contributed by atoms with Gasteiger partial charge < -0.3 is 4.42 Å². The molecule has 1 saturated heterocycles. The number of anilines is 1. The van der Waals surface area contributed by atoms with Crippen LogP contribution in [-0.4, -0.2) is 21.9 Å². The lowest BCUT2D eigenvalue weighted by molar-refractivity contribution is -0.122. The van der Waals surface area contributed by atoms with Crippen molar-refractivity contribution < 1.29 is 14.0 Å². The summed E-state index contributed by atoms with van der Waals surface area (Å²) in [5, 5.41) is 4.27. The fourth-order valence-corrected chi connectivity index (χ4v) is 4.53. The number of fused-ring (bicyclic) bond motifs is 1. The van der Waals surface area contributed by atoms with Crippen molar-refractivity contribution >= 4 is 63.6 Å². The van der Waals surface area contributed by atoms with Gasteiger partial charge in [0, 0.05) is 16.5 Å². The molecule has 0 aliphatic carbocycles. The molecule has 156 valence electrons. The Kier molecular flexibility index (Phi) is 5.30. The number of carbonyl (C=O) groups excluding carboxylic acids is 2. The van der Waals surface area contributed by atoms with Gasteiger partial charge in [-0.3, -0.25) is 24.8 Å². The summed E-state index contributed by atoms with van der Waals surface area (Å²) in [6.07, 6.45) is 3.18. The van der Waals surface area contributed by atoms with Gasteiger partial charge in [-0.2, -0.15) is 0 Å². The molecule has 2 aromatic heterocycles. The third-order valence-corrected chi connectivity index (χ3v) is 6.07. The number of para-hydroxylation sites is 2. The molecule has 0 bridgehead atoms. The fraction of sp³-hybridized carbons (Fsp3) is 0. The molecule has 0 spiro atoms. The first-order valence-corrected chi connectivity index (χ1v) is 10.9. The second-order valence-corrected chi connectivity index (χ2v) is 8.32. The second kappa shape index (κ2) is 8.41. The molecule has 5 rings (SSSR count). The van der Waals surface area contributed by atoms with Gasteiger partial charge in [0.15, 0.2) is 10.2 Å². The van der Waals surface area contributed by atoms with E-state index in [2.05, 4.69) is 10.3 Å². The van der Waals surface area contributed by atoms with Crippen LogP contribution in [0.25, 0.3) is 17.0 Å². The largest absolute Gasteiger partial charge is 0.450 e. The van der Waals surface area contributed by atoms with E-state index in [0.717, 1.165) is 15.8 Å². The van der Waals surface area contributed by atoms with E-state index in [4.69, 9.17) is 16.6 Å². The number of amides is 2. The lowest BCUT2D eigenvalue weighted by Gasteiger charge is -2.28. The Morgan fingerprint density at radius 1 is 0.969 bits per heavy atom. The number of carbonyl (C=O) groups is 2. The zero-order chi connectivity index (χ0) is 22.1. The number of aromatic nitrogens is 1. The zero-order valence-electron chi connectivity index (χ0n) is 16.5. The lowest BCUT2D eigenvalue weighted by Crippen LogP contribution is -2.54. The minimum Gasteiger partial charge on any atom is -0.450 e. The molecule has 1 aliphatic rings. The van der Waals surface area contributed by atoms with Gasteiger partial charge in [0.25, 0.3) is 11.8 Å². The predicted molar refractivity (Wildman–Crippen MR) is 127 cm³/mol. The number of nitrogens with zero attached hydrogens (tertiary/aromatic N) is 2. The molecule has 8 heteroatoms. The Morgan fingerprint density at radius 2 is 1.78 bits per heavy atom. The molecule has 32 heavy (non-hydrogen) atoms. The minimum atomic E-state index is -0.559. The van der Waals surface area contributed by atoms with Crippen LogP contribution in [0.1, 0.15) is 5.76 Å². The van der Waals surface area contributed by atoms with Crippen molar-refractivity contribution in [2.24, 2.45) is 0 Å². The summed E-state index contributed by atoms with van der Waals surface area (Å²) in [4.78, 5) is 32.2. The highest BCUT2D eigenvalue weighted by Crippen LogP contribution is 2.34. The van der Waals surface area contributed by atoms with Gasteiger partial charge in [-0.1, -0.05) is 36.4 Å². The van der Waals surface area contributed by atoms with Gasteiger partial charge >= 0.3 is 0 Å². The van der Waals surface area contributed by atoms with Crippen LogP contribution < -0.4 is 10.2 Å². The van der Waals surface area contributed by atoms with Gasteiger partial charge in [0.05, 0.1) is 11.2 Å². The lowest BCUT2D eigenvalue weighted by atomic mass is 10.1. The summed E-state index contributed by atoms with van der Waals surface area (Å²) >= 11 is 6.63. The number of hydrogen-bond donors (Lipinski definition) is 1. The third-order valence-electron chi connectivity index (χ3n) is 4.81. The monoisotopic (exact) mass is 457 g/mol. The van der Waals surface area contributed by atoms with Crippen molar-refractivity contribution in [1.29, 1.82) is 0 Å². The smallest absolute Gasteiger partial charge is 0.270 e. The molecule has 4 aromatic rings. The van der Waals surface area contributed by atoms with Crippen molar-refractivity contribution in [1.82, 2.24) is 10.3 Å². The number of nitrogens with one attached hydrogen (secondary N) is 1. The van der Waals surface area contributed by atoms with Crippen molar-refractivity contribution in [3.05, 3.63) is 90.3 Å². The fourth-order valence-electron chi connectivity index (χ4n) is 3.35. The Hall–Kier alpha value is -3.75. The van der Waals surface area contributed by atoms with Crippen LogP contribution in [-0.2, 0) is 9.59 Å². The predicted octanol–water partition coefficient (Wildman–Crippen LogP) is 4.81. The van der Waals surface area contributed by atoms with E-state index in [1.807, 2.05) is 36.4 Å². The Morgan fingerprint density at radius 3 is 2.62 bits per heavy atom. The van der Waals surface area contributed by atoms with E-state index in [9.17, 15) is 9.59 Å². The molecular formula is C24H15N3O3S2. The molecule has 1 aliphatic heterocycles. The molecule has 0 atom stereocenters. The average Bonchev–Trinajstić information content (AvgIpc) is 3.24. The van der Waals surface area contributed by atoms with E-state index in [0.29, 0.717) is 16.5 Å². The minimum absolute atomic E-state index is 0.0440. The first kappa shape index (κ1) is 20.2. The van der Waals surface area contributed by atoms with Crippen molar-refractivity contribution in [3.63, 3.8) is 0 Å². The first-order valence-electron chi connectivity index (χ1n) is 9.68. The van der Waals surface area contributed by atoms with E-state index in [1.165, 1.54) is 22.7 Å². The Bertz CT molecular complexity index is 1390. The van der Waals surface area contributed by atoms with Crippen LogP contribution in [0.3, 0.4) is 0 Å². The molecular weight excluding hydrogens is 442 g/mol. The van der Waals surface area contributed by atoms with Gasteiger partial charge in [0.2, 0.25) is 0 Å². The molecule has 0 saturated carbocycles. The van der Waals surface area contributed by atoms with Crippen LogP contribution in [0.4, 0.5) is 5.69 Å². The van der Waals surface area contributed by atoms with Gasteiger partial charge in [-0.05, 0) is 66.5 Å². The maximum atomic E-state index is 13.0. The molecule has 0 unspecified atom stereocenters. The first-order chi connectivity index (χ1) is 15.6. The van der Waals surface area contributed by atoms with Crippen LogP contribution in [0, 0.1) is 0 Å². The summed E-state index contributed by atoms with van der Waals surface area (Å²) in [6.45, 7) is 0. The summed E-state index contributed by atoms with van der Waals surface area (Å²) in [5.41, 5.74) is 1.40. The van der Waals surface area contributed by atoms with Crippen LogP contribution in [0.5, 0.6) is 0 Å². The van der Waals surface area contributed by atoms with Crippen molar-refractivity contribution in [3.8, 4) is 0 Å². The quantitative estimate of drug-likeness (QED) is 0.269. The summed E-state index contributed by atoms with van der Waals surface area (Å²) < 4.78 is 5.88. The molecule has 0 radical (unpaired) electrons. The molecule has 3 heterocycles. The number of hydrogen-bond acceptors (Lipinski definition) is 6. The Balaban J connectivity index is 1.43. The topological polar surface area (TPSA) is 75.4 Å².